The van der Waals surface area contributed by atoms with E-state index in [-0.39, 0.29) is 0 Å². The minimum Gasteiger partial charge on any atom is -0.0654 e. The van der Waals surface area contributed by atoms with E-state index in [1.54, 1.807) is 19.3 Å². The second-order valence-electron chi connectivity index (χ2n) is 5.53. The predicted molar refractivity (Wildman–Crippen MR) is 57.7 cm³/mol. The van der Waals surface area contributed by atoms with Crippen LogP contribution in [0.25, 0.3) is 0 Å². The van der Waals surface area contributed by atoms with Crippen LogP contribution in [0.1, 0.15) is 65.2 Å². The Labute approximate surface area is 83.1 Å². The quantitative estimate of drug-likeness (QED) is 0.550. The molecular formula is C13H24. The molecule has 0 aliphatic heterocycles. The van der Waals surface area contributed by atoms with Crippen LogP contribution in [-0.2, 0) is 0 Å². The third-order valence-electron chi connectivity index (χ3n) is 4.66. The molecule has 0 heteroatoms. The Balaban J connectivity index is 1.65. The van der Waals surface area contributed by atoms with Gasteiger partial charge >= 0.3 is 0 Å². The number of unbranched alkanes of at least 4 members (excludes halogenated alkanes) is 3. The van der Waals surface area contributed by atoms with Gasteiger partial charge in [0, 0.05) is 0 Å². The lowest BCUT2D eigenvalue weighted by molar-refractivity contribution is 0.322. The highest BCUT2D eigenvalue weighted by molar-refractivity contribution is 5.07. The predicted octanol–water partition coefficient (Wildman–Crippen LogP) is 4.39. The number of rotatable bonds is 5. The van der Waals surface area contributed by atoms with Gasteiger partial charge in [-0.3, -0.25) is 0 Å². The molecule has 0 aromatic carbocycles. The van der Waals surface area contributed by atoms with Crippen LogP contribution in [0.5, 0.6) is 0 Å². The first-order chi connectivity index (χ1) is 6.27. The molecule has 0 amide bonds. The van der Waals surface area contributed by atoms with Crippen LogP contribution < -0.4 is 0 Å². The monoisotopic (exact) mass is 180 g/mol. The van der Waals surface area contributed by atoms with Crippen molar-refractivity contribution in [1.29, 1.82) is 0 Å². The number of fused-ring (bicyclic) bond motifs is 1. The van der Waals surface area contributed by atoms with Gasteiger partial charge in [-0.15, -0.1) is 0 Å². The van der Waals surface area contributed by atoms with Crippen molar-refractivity contribution in [2.45, 2.75) is 65.2 Å². The zero-order valence-electron chi connectivity index (χ0n) is 9.31. The summed E-state index contributed by atoms with van der Waals surface area (Å²) in [5.74, 6) is 2.25. The minimum absolute atomic E-state index is 0.826. The van der Waals surface area contributed by atoms with Gasteiger partial charge in [-0.1, -0.05) is 39.5 Å². The van der Waals surface area contributed by atoms with E-state index in [1.165, 1.54) is 32.1 Å². The first kappa shape index (κ1) is 9.55. The Bertz CT molecular complexity index is 171. The lowest BCUT2D eigenvalue weighted by Gasteiger charge is -2.18. The lowest BCUT2D eigenvalue weighted by Crippen LogP contribution is -2.08. The van der Waals surface area contributed by atoms with E-state index in [4.69, 9.17) is 0 Å². The normalized spacial score (nSPS) is 42.0. The van der Waals surface area contributed by atoms with Crippen LogP contribution >= 0.6 is 0 Å². The Hall–Kier alpha value is 0. The van der Waals surface area contributed by atoms with Crippen molar-refractivity contribution in [1.82, 2.24) is 0 Å². The van der Waals surface area contributed by atoms with E-state index >= 15 is 0 Å². The molecule has 0 saturated heterocycles. The first-order valence-electron chi connectivity index (χ1n) is 6.27. The molecule has 2 fully saturated rings. The van der Waals surface area contributed by atoms with Crippen molar-refractivity contribution in [3.8, 4) is 0 Å². The zero-order valence-corrected chi connectivity index (χ0v) is 9.31. The van der Waals surface area contributed by atoms with Crippen LogP contribution in [-0.4, -0.2) is 0 Å². The van der Waals surface area contributed by atoms with Gasteiger partial charge < -0.3 is 0 Å². The lowest BCUT2D eigenvalue weighted by atomic mass is 9.87. The van der Waals surface area contributed by atoms with Gasteiger partial charge in [0.1, 0.15) is 0 Å². The molecule has 13 heavy (non-hydrogen) atoms. The maximum Gasteiger partial charge on any atom is -0.0266 e. The Morgan fingerprint density at radius 3 is 2.54 bits per heavy atom. The van der Waals surface area contributed by atoms with Gasteiger partial charge in [-0.2, -0.15) is 0 Å². The topological polar surface area (TPSA) is 0 Å². The molecule has 0 nitrogen and oxygen atoms in total. The largest absolute Gasteiger partial charge is 0.0654 e. The molecule has 3 atom stereocenters. The van der Waals surface area contributed by atoms with E-state index in [0.717, 1.165) is 17.3 Å². The van der Waals surface area contributed by atoms with E-state index in [0.29, 0.717) is 0 Å². The smallest absolute Gasteiger partial charge is 0.0266 e. The maximum absolute atomic E-state index is 2.54. The fraction of sp³-hybridized carbons (Fsp3) is 1.00. The van der Waals surface area contributed by atoms with Gasteiger partial charge in [0.25, 0.3) is 0 Å². The average molecular weight is 180 g/mol. The molecule has 0 unspecified atom stereocenters. The van der Waals surface area contributed by atoms with E-state index in [2.05, 4.69) is 13.8 Å². The van der Waals surface area contributed by atoms with Crippen molar-refractivity contribution in [3.05, 3.63) is 0 Å². The highest BCUT2D eigenvalue weighted by Gasteiger charge is 2.58. The summed E-state index contributed by atoms with van der Waals surface area (Å²) in [4.78, 5) is 0. The highest BCUT2D eigenvalue weighted by Crippen LogP contribution is 2.67. The number of hydrogen-bond donors (Lipinski definition) is 0. The van der Waals surface area contributed by atoms with Gasteiger partial charge in [-0.25, -0.2) is 0 Å². The molecule has 0 aromatic heterocycles. The van der Waals surface area contributed by atoms with Crippen LogP contribution in [0.4, 0.5) is 0 Å². The third kappa shape index (κ3) is 1.78. The summed E-state index contributed by atoms with van der Waals surface area (Å²) in [6, 6.07) is 0. The Kier molecular flexibility index (Phi) is 2.67. The molecule has 0 N–H and O–H groups in total. The van der Waals surface area contributed by atoms with Crippen molar-refractivity contribution < 1.29 is 0 Å². The van der Waals surface area contributed by atoms with Crippen LogP contribution in [0.15, 0.2) is 0 Å². The average Bonchev–Trinajstić information content (AvgIpc) is 2.68. The van der Waals surface area contributed by atoms with E-state index in [1.807, 2.05) is 0 Å². The molecule has 76 valence electrons. The molecule has 2 saturated carbocycles. The molecule has 2 aliphatic carbocycles. The van der Waals surface area contributed by atoms with Gasteiger partial charge in [0.05, 0.1) is 0 Å². The van der Waals surface area contributed by atoms with Crippen molar-refractivity contribution in [3.63, 3.8) is 0 Å². The SMILES string of the molecule is CCCCCC[C@@H]1CC[C@@H]2C[C@@]12C. The summed E-state index contributed by atoms with van der Waals surface area (Å²) in [5, 5.41) is 0. The van der Waals surface area contributed by atoms with E-state index in [9.17, 15) is 0 Å². The third-order valence-corrected chi connectivity index (χ3v) is 4.66. The molecule has 0 heterocycles. The molecule has 2 aliphatic rings. The summed E-state index contributed by atoms with van der Waals surface area (Å²) >= 11 is 0. The maximum atomic E-state index is 2.54. The van der Waals surface area contributed by atoms with Gasteiger partial charge in [0.2, 0.25) is 0 Å². The standard InChI is InChI=1S/C13H24/c1-3-4-5-6-7-11-8-9-12-10-13(11,12)2/h11-12H,3-10H2,1-2H3/t11-,12-,13+/m1/s1. The molecular weight excluding hydrogens is 156 g/mol. The second-order valence-corrected chi connectivity index (χ2v) is 5.53. The summed E-state index contributed by atoms with van der Waals surface area (Å²) in [5.41, 5.74) is 0.826. The van der Waals surface area contributed by atoms with Crippen molar-refractivity contribution in [2.75, 3.05) is 0 Å². The van der Waals surface area contributed by atoms with Crippen molar-refractivity contribution in [2.24, 2.45) is 17.3 Å². The second kappa shape index (κ2) is 3.63. The van der Waals surface area contributed by atoms with Gasteiger partial charge in [-0.05, 0) is 42.9 Å². The van der Waals surface area contributed by atoms with Crippen LogP contribution in [0.2, 0.25) is 0 Å². The van der Waals surface area contributed by atoms with Crippen molar-refractivity contribution >= 4 is 0 Å². The zero-order chi connectivity index (χ0) is 9.31. The van der Waals surface area contributed by atoms with E-state index < -0.39 is 0 Å². The fourth-order valence-electron chi connectivity index (χ4n) is 3.43. The summed E-state index contributed by atoms with van der Waals surface area (Å²) in [6.07, 6.45) is 12.0. The highest BCUT2D eigenvalue weighted by atomic mass is 14.6. The molecule has 0 spiro atoms. The minimum atomic E-state index is 0.826. The van der Waals surface area contributed by atoms with Crippen LogP contribution in [0.3, 0.4) is 0 Å². The summed E-state index contributed by atoms with van der Waals surface area (Å²) < 4.78 is 0. The molecule has 2 rings (SSSR count). The summed E-state index contributed by atoms with van der Waals surface area (Å²) in [6.45, 7) is 4.84. The molecule has 0 radical (unpaired) electrons. The molecule has 0 aromatic rings. The van der Waals surface area contributed by atoms with Gasteiger partial charge in [0.15, 0.2) is 0 Å². The number of hydrogen-bond acceptors (Lipinski definition) is 0. The Morgan fingerprint density at radius 1 is 1.15 bits per heavy atom. The first-order valence-corrected chi connectivity index (χ1v) is 6.27. The summed E-state index contributed by atoms with van der Waals surface area (Å²) in [7, 11) is 0. The Morgan fingerprint density at radius 2 is 2.00 bits per heavy atom. The fourth-order valence-corrected chi connectivity index (χ4v) is 3.43. The molecule has 0 bridgehead atoms. The van der Waals surface area contributed by atoms with Crippen LogP contribution in [0, 0.1) is 17.3 Å².